The topological polar surface area (TPSA) is 60.4 Å². The molecule has 2 aromatic rings. The Balaban J connectivity index is 2.02. The standard InChI is InChI=1S/C19H20O4S/c1-13-8-9-16-15(18(13)20)10-11-17(19(16)24(2,21)22)23-12-14-6-4-3-5-7-14/h3-7,10-11,13H,8-9,12H2,1-2H3. The van der Waals surface area contributed by atoms with Crippen molar-refractivity contribution >= 4 is 15.6 Å². The van der Waals surface area contributed by atoms with Crippen molar-refractivity contribution in [3.8, 4) is 5.75 Å². The minimum Gasteiger partial charge on any atom is -0.488 e. The molecule has 0 bridgehead atoms. The largest absolute Gasteiger partial charge is 0.488 e. The molecule has 2 aromatic carbocycles. The van der Waals surface area contributed by atoms with Crippen LogP contribution in [0.1, 0.15) is 34.8 Å². The van der Waals surface area contributed by atoms with Gasteiger partial charge in [-0.1, -0.05) is 37.3 Å². The first-order chi connectivity index (χ1) is 11.4. The summed E-state index contributed by atoms with van der Waals surface area (Å²) < 4.78 is 30.5. The van der Waals surface area contributed by atoms with Gasteiger partial charge in [0, 0.05) is 17.7 Å². The molecule has 0 amide bonds. The molecule has 5 heteroatoms. The molecule has 24 heavy (non-hydrogen) atoms. The van der Waals surface area contributed by atoms with Crippen LogP contribution >= 0.6 is 0 Å². The van der Waals surface area contributed by atoms with E-state index in [0.29, 0.717) is 29.7 Å². The van der Waals surface area contributed by atoms with Gasteiger partial charge >= 0.3 is 0 Å². The smallest absolute Gasteiger partial charge is 0.179 e. The number of carbonyl (C=O) groups is 1. The van der Waals surface area contributed by atoms with Gasteiger partial charge in [-0.3, -0.25) is 4.79 Å². The molecule has 0 aromatic heterocycles. The van der Waals surface area contributed by atoms with E-state index < -0.39 is 9.84 Å². The van der Waals surface area contributed by atoms with Crippen LogP contribution in [0.25, 0.3) is 0 Å². The van der Waals surface area contributed by atoms with Gasteiger partial charge in [-0.2, -0.15) is 0 Å². The highest BCUT2D eigenvalue weighted by atomic mass is 32.2. The summed E-state index contributed by atoms with van der Waals surface area (Å²) in [7, 11) is -3.50. The molecule has 4 nitrogen and oxygen atoms in total. The Hall–Kier alpha value is -2.14. The number of rotatable bonds is 4. The van der Waals surface area contributed by atoms with E-state index in [9.17, 15) is 13.2 Å². The lowest BCUT2D eigenvalue weighted by Crippen LogP contribution is -2.22. The molecule has 1 atom stereocenters. The Labute approximate surface area is 142 Å². The first-order valence-electron chi connectivity index (χ1n) is 7.95. The number of sulfone groups is 1. The fraction of sp³-hybridized carbons (Fsp3) is 0.316. The molecule has 3 rings (SSSR count). The lowest BCUT2D eigenvalue weighted by molar-refractivity contribution is 0.0912. The summed E-state index contributed by atoms with van der Waals surface area (Å²) in [5.41, 5.74) is 2.08. The Bertz CT molecular complexity index is 870. The maximum atomic E-state index is 12.4. The predicted molar refractivity (Wildman–Crippen MR) is 92.1 cm³/mol. The van der Waals surface area contributed by atoms with Crippen LogP contribution in [-0.4, -0.2) is 20.5 Å². The normalized spacial score (nSPS) is 17.4. The van der Waals surface area contributed by atoms with Crippen molar-refractivity contribution in [2.24, 2.45) is 5.92 Å². The van der Waals surface area contributed by atoms with Crippen molar-refractivity contribution in [2.75, 3.05) is 6.26 Å². The van der Waals surface area contributed by atoms with Crippen molar-refractivity contribution in [3.05, 3.63) is 59.2 Å². The van der Waals surface area contributed by atoms with Gasteiger partial charge in [-0.15, -0.1) is 0 Å². The summed E-state index contributed by atoms with van der Waals surface area (Å²) in [6, 6.07) is 12.9. The van der Waals surface area contributed by atoms with E-state index in [1.165, 1.54) is 6.26 Å². The molecule has 1 aliphatic carbocycles. The van der Waals surface area contributed by atoms with Crippen LogP contribution < -0.4 is 4.74 Å². The number of ketones is 1. The highest BCUT2D eigenvalue weighted by Crippen LogP contribution is 2.36. The van der Waals surface area contributed by atoms with E-state index in [1.54, 1.807) is 12.1 Å². The Kier molecular flexibility index (Phi) is 4.45. The van der Waals surface area contributed by atoms with Gasteiger partial charge in [0.2, 0.25) is 0 Å². The molecule has 0 spiro atoms. The lowest BCUT2D eigenvalue weighted by Gasteiger charge is -2.24. The van der Waals surface area contributed by atoms with Gasteiger partial charge < -0.3 is 4.74 Å². The van der Waals surface area contributed by atoms with Crippen LogP contribution in [0.4, 0.5) is 0 Å². The van der Waals surface area contributed by atoms with Gasteiger partial charge in [-0.25, -0.2) is 8.42 Å². The van der Waals surface area contributed by atoms with E-state index in [2.05, 4.69) is 0 Å². The maximum Gasteiger partial charge on any atom is 0.179 e. The summed E-state index contributed by atoms with van der Waals surface area (Å²) >= 11 is 0. The second-order valence-corrected chi connectivity index (χ2v) is 8.22. The number of fused-ring (bicyclic) bond motifs is 1. The van der Waals surface area contributed by atoms with Crippen LogP contribution in [0.15, 0.2) is 47.4 Å². The molecular weight excluding hydrogens is 324 g/mol. The van der Waals surface area contributed by atoms with Crippen molar-refractivity contribution < 1.29 is 17.9 Å². The predicted octanol–water partition coefficient (Wildman–Crippen LogP) is 3.43. The molecule has 0 saturated heterocycles. The highest BCUT2D eigenvalue weighted by Gasteiger charge is 2.30. The van der Waals surface area contributed by atoms with E-state index >= 15 is 0 Å². The van der Waals surface area contributed by atoms with Crippen LogP contribution in [-0.2, 0) is 22.9 Å². The first kappa shape index (κ1) is 16.7. The zero-order valence-electron chi connectivity index (χ0n) is 13.8. The average Bonchev–Trinajstić information content (AvgIpc) is 2.56. The molecule has 0 aliphatic heterocycles. The number of hydrogen-bond donors (Lipinski definition) is 0. The SMILES string of the molecule is CC1CCc2c(ccc(OCc3ccccc3)c2S(C)(=O)=O)C1=O. The van der Waals surface area contributed by atoms with Gasteiger partial charge in [0.05, 0.1) is 0 Å². The molecule has 126 valence electrons. The second kappa shape index (κ2) is 6.40. The summed E-state index contributed by atoms with van der Waals surface area (Å²) in [5.74, 6) is 0.263. The number of Topliss-reactive ketones (excluding diaryl/α,β-unsaturated/α-hetero) is 1. The third-order valence-corrected chi connectivity index (χ3v) is 5.56. The third kappa shape index (κ3) is 3.22. The van der Waals surface area contributed by atoms with E-state index in [1.807, 2.05) is 37.3 Å². The van der Waals surface area contributed by atoms with E-state index in [-0.39, 0.29) is 23.2 Å². The third-order valence-electron chi connectivity index (χ3n) is 4.37. The second-order valence-electron chi connectivity index (χ2n) is 6.27. The van der Waals surface area contributed by atoms with Gasteiger partial charge in [0.15, 0.2) is 15.6 Å². The Morgan fingerprint density at radius 1 is 1.12 bits per heavy atom. The molecule has 1 unspecified atom stereocenters. The molecule has 1 aliphatic rings. The van der Waals surface area contributed by atoms with Crippen molar-refractivity contribution in [1.82, 2.24) is 0 Å². The number of carbonyl (C=O) groups excluding carboxylic acids is 1. The number of ether oxygens (including phenoxy) is 1. The monoisotopic (exact) mass is 344 g/mol. The molecular formula is C19H20O4S. The van der Waals surface area contributed by atoms with Crippen LogP contribution in [0.3, 0.4) is 0 Å². The van der Waals surface area contributed by atoms with E-state index in [4.69, 9.17) is 4.74 Å². The Morgan fingerprint density at radius 2 is 1.83 bits per heavy atom. The fourth-order valence-electron chi connectivity index (χ4n) is 3.10. The lowest BCUT2D eigenvalue weighted by atomic mass is 9.83. The number of benzene rings is 2. The summed E-state index contributed by atoms with van der Waals surface area (Å²) in [6.07, 6.45) is 2.41. The van der Waals surface area contributed by atoms with Crippen molar-refractivity contribution in [3.63, 3.8) is 0 Å². The minimum absolute atomic E-state index is 0.00996. The fourth-order valence-corrected chi connectivity index (χ4v) is 4.25. The van der Waals surface area contributed by atoms with E-state index in [0.717, 1.165) is 5.56 Å². The van der Waals surface area contributed by atoms with Gasteiger partial charge in [-0.05, 0) is 36.1 Å². The highest BCUT2D eigenvalue weighted by molar-refractivity contribution is 7.90. The maximum absolute atomic E-state index is 12.4. The quantitative estimate of drug-likeness (QED) is 0.852. The molecule has 0 heterocycles. The Morgan fingerprint density at radius 3 is 2.50 bits per heavy atom. The van der Waals surface area contributed by atoms with Crippen LogP contribution in [0, 0.1) is 5.92 Å². The molecule has 0 radical (unpaired) electrons. The zero-order valence-corrected chi connectivity index (χ0v) is 14.6. The van der Waals surface area contributed by atoms with Gasteiger partial charge in [0.1, 0.15) is 17.3 Å². The van der Waals surface area contributed by atoms with Crippen LogP contribution in [0.2, 0.25) is 0 Å². The minimum atomic E-state index is -3.50. The average molecular weight is 344 g/mol. The summed E-state index contributed by atoms with van der Waals surface area (Å²) in [4.78, 5) is 12.5. The number of hydrogen-bond acceptors (Lipinski definition) is 4. The zero-order chi connectivity index (χ0) is 17.3. The molecule has 0 N–H and O–H groups in total. The molecule has 0 fully saturated rings. The molecule has 0 saturated carbocycles. The van der Waals surface area contributed by atoms with Gasteiger partial charge in [0.25, 0.3) is 0 Å². The first-order valence-corrected chi connectivity index (χ1v) is 9.84. The van der Waals surface area contributed by atoms with Crippen molar-refractivity contribution in [1.29, 1.82) is 0 Å². The summed E-state index contributed by atoms with van der Waals surface area (Å²) in [5, 5.41) is 0. The summed E-state index contributed by atoms with van der Waals surface area (Å²) in [6.45, 7) is 2.16. The van der Waals surface area contributed by atoms with Crippen molar-refractivity contribution in [2.45, 2.75) is 31.3 Å². The van der Waals surface area contributed by atoms with Crippen LogP contribution in [0.5, 0.6) is 5.75 Å².